The summed E-state index contributed by atoms with van der Waals surface area (Å²) in [6.07, 6.45) is 0. The number of hydrogen-bond donors (Lipinski definition) is 1. The minimum Gasteiger partial charge on any atom is -0.378 e. The van der Waals surface area contributed by atoms with Crippen LogP contribution in [0.2, 0.25) is 0 Å². The first-order chi connectivity index (χ1) is 15.3. The molecule has 7 nitrogen and oxygen atoms in total. The number of hydrogen-bond acceptors (Lipinski definition) is 5. The molecule has 156 valence electrons. The molecular formula is C24H23N5O2. The molecule has 1 fully saturated rings. The number of carbonyl (C=O) groups excluding carboxylic acids is 1. The summed E-state index contributed by atoms with van der Waals surface area (Å²) < 4.78 is 7.31. The topological polar surface area (TPSA) is 72.3 Å². The van der Waals surface area contributed by atoms with Crippen molar-refractivity contribution >= 4 is 28.3 Å². The summed E-state index contributed by atoms with van der Waals surface area (Å²) in [5.41, 5.74) is 5.37. The van der Waals surface area contributed by atoms with Gasteiger partial charge in [0, 0.05) is 18.7 Å². The van der Waals surface area contributed by atoms with Crippen LogP contribution in [0.1, 0.15) is 15.9 Å². The maximum Gasteiger partial charge on any atom is 0.255 e. The number of anilines is 2. The van der Waals surface area contributed by atoms with E-state index in [0.29, 0.717) is 25.3 Å². The first-order valence-corrected chi connectivity index (χ1v) is 10.4. The number of ether oxygens (including phenoxy) is 1. The Hall–Kier alpha value is -3.71. The molecule has 2 heterocycles. The zero-order valence-corrected chi connectivity index (χ0v) is 17.1. The number of rotatable bonds is 5. The van der Waals surface area contributed by atoms with Gasteiger partial charge < -0.3 is 15.0 Å². The van der Waals surface area contributed by atoms with Crippen LogP contribution >= 0.6 is 0 Å². The highest BCUT2D eigenvalue weighted by molar-refractivity contribution is 6.06. The third-order valence-corrected chi connectivity index (χ3v) is 5.47. The highest BCUT2D eigenvalue weighted by atomic mass is 16.5. The second-order valence-corrected chi connectivity index (χ2v) is 7.50. The molecule has 0 atom stereocenters. The van der Waals surface area contributed by atoms with E-state index in [2.05, 4.69) is 20.5 Å². The summed E-state index contributed by atoms with van der Waals surface area (Å²) in [4.78, 5) is 15.1. The van der Waals surface area contributed by atoms with Crippen molar-refractivity contribution in [2.75, 3.05) is 36.5 Å². The Morgan fingerprint density at radius 3 is 2.52 bits per heavy atom. The van der Waals surface area contributed by atoms with Crippen molar-refractivity contribution in [3.05, 3.63) is 83.9 Å². The van der Waals surface area contributed by atoms with Crippen LogP contribution < -0.4 is 10.2 Å². The van der Waals surface area contributed by atoms with Crippen molar-refractivity contribution in [3.63, 3.8) is 0 Å². The summed E-state index contributed by atoms with van der Waals surface area (Å²) in [6.45, 7) is 3.63. The van der Waals surface area contributed by atoms with Crippen LogP contribution in [-0.2, 0) is 11.3 Å². The Balaban J connectivity index is 1.30. The van der Waals surface area contributed by atoms with E-state index < -0.39 is 0 Å². The normalized spacial score (nSPS) is 14.0. The Morgan fingerprint density at radius 2 is 1.68 bits per heavy atom. The number of nitrogens with one attached hydrogen (secondary N) is 1. The van der Waals surface area contributed by atoms with Crippen molar-refractivity contribution in [2.45, 2.75) is 6.54 Å². The maximum atomic E-state index is 12.9. The number of fused-ring (bicyclic) bond motifs is 1. The number of carbonyl (C=O) groups is 1. The maximum absolute atomic E-state index is 12.9. The third-order valence-electron chi connectivity index (χ3n) is 5.47. The summed E-state index contributed by atoms with van der Waals surface area (Å²) in [7, 11) is 0. The molecule has 0 aliphatic carbocycles. The molecule has 0 spiro atoms. The predicted octanol–water partition coefficient (Wildman–Crippen LogP) is 3.57. The number of benzene rings is 3. The summed E-state index contributed by atoms with van der Waals surface area (Å²) >= 11 is 0. The molecule has 4 aromatic rings. The van der Waals surface area contributed by atoms with Crippen LogP contribution in [0.5, 0.6) is 0 Å². The summed E-state index contributed by atoms with van der Waals surface area (Å²) in [5.74, 6) is -0.126. The van der Waals surface area contributed by atoms with E-state index in [1.54, 1.807) is 0 Å². The fourth-order valence-corrected chi connectivity index (χ4v) is 3.82. The Kier molecular flexibility index (Phi) is 5.33. The van der Waals surface area contributed by atoms with Crippen LogP contribution in [0, 0.1) is 0 Å². The number of morpholine rings is 1. The van der Waals surface area contributed by atoms with Gasteiger partial charge in [0.2, 0.25) is 0 Å². The molecular weight excluding hydrogens is 390 g/mol. The molecule has 5 rings (SSSR count). The van der Waals surface area contributed by atoms with Gasteiger partial charge in [0.15, 0.2) is 0 Å². The van der Waals surface area contributed by atoms with E-state index in [1.807, 2.05) is 77.5 Å². The fourth-order valence-electron chi connectivity index (χ4n) is 3.82. The van der Waals surface area contributed by atoms with Crippen LogP contribution in [0.25, 0.3) is 11.0 Å². The third kappa shape index (κ3) is 4.13. The number of aromatic nitrogens is 3. The van der Waals surface area contributed by atoms with Gasteiger partial charge in [0.25, 0.3) is 5.91 Å². The van der Waals surface area contributed by atoms with Crippen LogP contribution in [-0.4, -0.2) is 47.2 Å². The zero-order valence-electron chi connectivity index (χ0n) is 17.1. The van der Waals surface area contributed by atoms with Gasteiger partial charge in [-0.15, -0.1) is 5.10 Å². The van der Waals surface area contributed by atoms with Gasteiger partial charge in [-0.1, -0.05) is 41.6 Å². The molecule has 31 heavy (non-hydrogen) atoms. The Bertz CT molecular complexity index is 1200. The van der Waals surface area contributed by atoms with Crippen molar-refractivity contribution in [3.8, 4) is 0 Å². The molecule has 0 saturated carbocycles. The lowest BCUT2D eigenvalue weighted by molar-refractivity contribution is 0.102. The average Bonchev–Trinajstić information content (AvgIpc) is 3.23. The van der Waals surface area contributed by atoms with Crippen molar-refractivity contribution in [1.82, 2.24) is 15.0 Å². The molecule has 3 aromatic carbocycles. The van der Waals surface area contributed by atoms with Gasteiger partial charge in [-0.2, -0.15) is 0 Å². The van der Waals surface area contributed by atoms with Crippen molar-refractivity contribution < 1.29 is 9.53 Å². The molecule has 0 unspecified atom stereocenters. The van der Waals surface area contributed by atoms with E-state index in [4.69, 9.17) is 4.74 Å². The number of nitrogens with zero attached hydrogens (tertiary/aromatic N) is 4. The van der Waals surface area contributed by atoms with E-state index in [9.17, 15) is 4.79 Å². The Morgan fingerprint density at radius 1 is 0.935 bits per heavy atom. The molecule has 1 aromatic heterocycles. The summed E-state index contributed by atoms with van der Waals surface area (Å²) in [6, 6.07) is 23.4. The van der Waals surface area contributed by atoms with E-state index in [0.717, 1.165) is 41.1 Å². The summed E-state index contributed by atoms with van der Waals surface area (Å²) in [5, 5.41) is 11.5. The van der Waals surface area contributed by atoms with Gasteiger partial charge >= 0.3 is 0 Å². The zero-order chi connectivity index (χ0) is 21.0. The van der Waals surface area contributed by atoms with Crippen LogP contribution in [0.3, 0.4) is 0 Å². The first-order valence-electron chi connectivity index (χ1n) is 10.4. The smallest absolute Gasteiger partial charge is 0.255 e. The molecule has 1 amide bonds. The van der Waals surface area contributed by atoms with Gasteiger partial charge in [0.1, 0.15) is 5.52 Å². The predicted molar refractivity (Wildman–Crippen MR) is 120 cm³/mol. The van der Waals surface area contributed by atoms with Gasteiger partial charge in [0.05, 0.1) is 36.6 Å². The molecule has 1 aliphatic rings. The minimum atomic E-state index is -0.126. The van der Waals surface area contributed by atoms with Gasteiger partial charge in [-0.05, 0) is 42.0 Å². The monoisotopic (exact) mass is 413 g/mol. The second-order valence-electron chi connectivity index (χ2n) is 7.50. The van der Waals surface area contributed by atoms with E-state index >= 15 is 0 Å². The highest BCUT2D eigenvalue weighted by Gasteiger charge is 2.16. The van der Waals surface area contributed by atoms with Crippen molar-refractivity contribution in [2.24, 2.45) is 0 Å². The lowest BCUT2D eigenvalue weighted by Crippen LogP contribution is -2.36. The average molecular weight is 413 g/mol. The van der Waals surface area contributed by atoms with Gasteiger partial charge in [-0.3, -0.25) is 4.79 Å². The van der Waals surface area contributed by atoms with E-state index in [-0.39, 0.29) is 5.91 Å². The second kappa shape index (κ2) is 8.57. The Labute approximate surface area is 180 Å². The lowest BCUT2D eigenvalue weighted by atomic mass is 10.1. The van der Waals surface area contributed by atoms with Gasteiger partial charge in [-0.25, -0.2) is 4.68 Å². The molecule has 1 saturated heterocycles. The number of amides is 1. The molecule has 1 N–H and O–H groups in total. The SMILES string of the molecule is O=C(Nc1ccccc1N1CCOCC1)c1ccc(Cn2nnc3ccccc32)cc1. The molecule has 1 aliphatic heterocycles. The quantitative estimate of drug-likeness (QED) is 0.542. The van der Waals surface area contributed by atoms with Crippen LogP contribution in [0.15, 0.2) is 72.8 Å². The largest absolute Gasteiger partial charge is 0.378 e. The van der Waals surface area contributed by atoms with E-state index in [1.165, 1.54) is 0 Å². The highest BCUT2D eigenvalue weighted by Crippen LogP contribution is 2.27. The fraction of sp³-hybridized carbons (Fsp3) is 0.208. The molecule has 7 heteroatoms. The standard InChI is InChI=1S/C24H23N5O2/c30-24(25-20-5-1-3-7-22(20)28-13-15-31-16-14-28)19-11-9-18(10-12-19)17-29-23-8-4-2-6-21(23)26-27-29/h1-12H,13-17H2,(H,25,30). The number of para-hydroxylation sites is 3. The minimum absolute atomic E-state index is 0.126. The first kappa shape index (κ1) is 19.3. The molecule has 0 radical (unpaired) electrons. The van der Waals surface area contributed by atoms with Crippen molar-refractivity contribution in [1.29, 1.82) is 0 Å². The van der Waals surface area contributed by atoms with Crippen LogP contribution in [0.4, 0.5) is 11.4 Å². The molecule has 0 bridgehead atoms. The lowest BCUT2D eigenvalue weighted by Gasteiger charge is -2.30.